The van der Waals surface area contributed by atoms with Crippen molar-refractivity contribution < 1.29 is 33.4 Å². The maximum Gasteiger partial charge on any atom is 0.337 e. The quantitative estimate of drug-likeness (QED) is 0.249. The fourth-order valence-electron chi connectivity index (χ4n) is 3.29. The number of ether oxygens (including phenoxy) is 1. The minimum absolute atomic E-state index is 0.0376. The summed E-state index contributed by atoms with van der Waals surface area (Å²) < 4.78 is 10.4. The smallest absolute Gasteiger partial charge is 0.337 e. The van der Waals surface area contributed by atoms with Crippen LogP contribution in [0.3, 0.4) is 0 Å². The number of esters is 1. The summed E-state index contributed by atoms with van der Waals surface area (Å²) >= 11 is 5.14. The number of benzene rings is 2. The maximum absolute atomic E-state index is 13.1. The van der Waals surface area contributed by atoms with Crippen LogP contribution in [0.5, 0.6) is 0 Å². The van der Waals surface area contributed by atoms with Gasteiger partial charge in [-0.05, 0) is 60.8 Å². The van der Waals surface area contributed by atoms with Gasteiger partial charge in [0.05, 0.1) is 23.9 Å². The van der Waals surface area contributed by atoms with E-state index in [0.717, 1.165) is 4.90 Å². The Morgan fingerprint density at radius 2 is 1.79 bits per heavy atom. The lowest BCUT2D eigenvalue weighted by Crippen LogP contribution is -2.54. The first-order chi connectivity index (χ1) is 16.3. The predicted molar refractivity (Wildman–Crippen MR) is 125 cm³/mol. The van der Waals surface area contributed by atoms with E-state index in [0.29, 0.717) is 16.9 Å². The normalized spacial score (nSPS) is 14.8. The number of nitrogens with zero attached hydrogens (tertiary/aromatic N) is 1. The van der Waals surface area contributed by atoms with Gasteiger partial charge in [0.15, 0.2) is 5.11 Å². The van der Waals surface area contributed by atoms with Crippen molar-refractivity contribution in [2.75, 3.05) is 12.0 Å². The van der Waals surface area contributed by atoms with Crippen LogP contribution >= 0.6 is 12.2 Å². The van der Waals surface area contributed by atoms with Crippen molar-refractivity contribution in [3.63, 3.8) is 0 Å². The molecule has 1 saturated heterocycles. The summed E-state index contributed by atoms with van der Waals surface area (Å²) in [4.78, 5) is 49.5. The number of carbonyl (C=O) groups excluding carboxylic acids is 3. The number of furan rings is 1. The van der Waals surface area contributed by atoms with Crippen LogP contribution in [0, 0.1) is 0 Å². The predicted octanol–water partition coefficient (Wildman–Crippen LogP) is 3.26. The van der Waals surface area contributed by atoms with E-state index in [9.17, 15) is 24.3 Å². The Hall–Kier alpha value is -4.57. The molecule has 0 bridgehead atoms. The molecule has 0 atom stereocenters. The van der Waals surface area contributed by atoms with Crippen molar-refractivity contribution in [2.45, 2.75) is 0 Å². The van der Waals surface area contributed by atoms with Crippen molar-refractivity contribution in [3.8, 4) is 11.3 Å². The second kappa shape index (κ2) is 9.12. The summed E-state index contributed by atoms with van der Waals surface area (Å²) in [5.41, 5.74) is 0.977. The highest BCUT2D eigenvalue weighted by Gasteiger charge is 2.35. The molecule has 34 heavy (non-hydrogen) atoms. The van der Waals surface area contributed by atoms with Crippen LogP contribution < -0.4 is 10.2 Å². The lowest BCUT2D eigenvalue weighted by atomic mass is 10.1. The first-order valence-electron chi connectivity index (χ1n) is 9.82. The molecule has 9 nitrogen and oxygen atoms in total. The van der Waals surface area contributed by atoms with Gasteiger partial charge in [0.2, 0.25) is 0 Å². The van der Waals surface area contributed by atoms with Gasteiger partial charge in [0.1, 0.15) is 17.1 Å². The largest absolute Gasteiger partial charge is 0.478 e. The number of carboxylic acid groups (broad SMARTS) is 1. The Kier molecular flexibility index (Phi) is 6.07. The second-order valence-corrected chi connectivity index (χ2v) is 7.47. The zero-order valence-electron chi connectivity index (χ0n) is 17.6. The number of amides is 2. The van der Waals surface area contributed by atoms with E-state index < -0.39 is 23.8 Å². The van der Waals surface area contributed by atoms with Crippen LogP contribution in [-0.4, -0.2) is 41.1 Å². The monoisotopic (exact) mass is 476 g/mol. The van der Waals surface area contributed by atoms with E-state index in [1.807, 2.05) is 0 Å². The second-order valence-electron chi connectivity index (χ2n) is 7.08. The fraction of sp³-hybridized carbons (Fsp3) is 0.0417. The topological polar surface area (TPSA) is 126 Å². The standard InChI is InChI=1S/C24H16N2O7S/c1-32-23(31)14-7-5-13(6-8-14)19-10-9-17(33-19)12-18-20(27)25-24(34)26(21(18)28)16-4-2-3-15(11-16)22(29)30/h2-12H,1H3,(H,29,30)(H,25,27,34). The zero-order valence-corrected chi connectivity index (χ0v) is 18.4. The summed E-state index contributed by atoms with van der Waals surface area (Å²) in [5.74, 6) is -2.38. The molecule has 0 saturated carbocycles. The lowest BCUT2D eigenvalue weighted by molar-refractivity contribution is -0.122. The van der Waals surface area contributed by atoms with Crippen LogP contribution in [0.1, 0.15) is 26.5 Å². The molecule has 0 unspecified atom stereocenters. The molecular formula is C24H16N2O7S. The van der Waals surface area contributed by atoms with Crippen LogP contribution in [0.2, 0.25) is 0 Å². The summed E-state index contributed by atoms with van der Waals surface area (Å²) in [7, 11) is 1.29. The van der Waals surface area contributed by atoms with Gasteiger partial charge >= 0.3 is 11.9 Å². The highest BCUT2D eigenvalue weighted by Crippen LogP contribution is 2.26. The van der Waals surface area contributed by atoms with Crippen LogP contribution in [0.4, 0.5) is 5.69 Å². The molecule has 1 fully saturated rings. The molecule has 3 aromatic rings. The molecule has 1 aliphatic heterocycles. The lowest BCUT2D eigenvalue weighted by Gasteiger charge is -2.28. The number of carbonyl (C=O) groups is 4. The third-order valence-corrected chi connectivity index (χ3v) is 5.24. The van der Waals surface area contributed by atoms with Gasteiger partial charge in [-0.1, -0.05) is 18.2 Å². The van der Waals surface area contributed by atoms with Gasteiger partial charge in [0, 0.05) is 5.56 Å². The number of anilines is 1. The summed E-state index contributed by atoms with van der Waals surface area (Å²) in [6, 6.07) is 15.4. The van der Waals surface area contributed by atoms with Crippen LogP contribution in [0.15, 0.2) is 70.7 Å². The zero-order chi connectivity index (χ0) is 24.4. The molecule has 2 aromatic carbocycles. The van der Waals surface area contributed by atoms with Gasteiger partial charge in [0.25, 0.3) is 11.8 Å². The summed E-state index contributed by atoms with van der Waals surface area (Å²) in [6.45, 7) is 0. The van der Waals surface area contributed by atoms with E-state index in [1.54, 1.807) is 36.4 Å². The Morgan fingerprint density at radius 3 is 2.47 bits per heavy atom. The number of methoxy groups -OCH3 is 1. The Balaban J connectivity index is 1.63. The Bertz CT molecular complexity index is 1370. The molecule has 2 amide bonds. The SMILES string of the molecule is COC(=O)c1ccc(-c2ccc(C=C3C(=O)NC(=S)N(c4cccc(C(=O)O)c4)C3=O)o2)cc1. The molecule has 0 spiro atoms. The minimum Gasteiger partial charge on any atom is -0.478 e. The first kappa shape index (κ1) is 22.6. The van der Waals surface area contributed by atoms with Gasteiger partial charge < -0.3 is 14.3 Å². The van der Waals surface area contributed by atoms with Crippen molar-refractivity contribution >= 4 is 52.8 Å². The Labute approximate surface area is 198 Å². The van der Waals surface area contributed by atoms with E-state index in [1.165, 1.54) is 37.5 Å². The van der Waals surface area contributed by atoms with Gasteiger partial charge in [-0.15, -0.1) is 0 Å². The minimum atomic E-state index is -1.17. The van der Waals surface area contributed by atoms with Gasteiger partial charge in [-0.3, -0.25) is 19.8 Å². The number of hydrogen-bond acceptors (Lipinski definition) is 7. The molecule has 10 heteroatoms. The molecule has 2 heterocycles. The van der Waals surface area contributed by atoms with Crippen molar-refractivity contribution in [3.05, 3.63) is 83.1 Å². The number of thiocarbonyl (C=S) groups is 1. The number of rotatable bonds is 5. The van der Waals surface area contributed by atoms with E-state index in [2.05, 4.69) is 10.1 Å². The third kappa shape index (κ3) is 4.34. The third-order valence-electron chi connectivity index (χ3n) is 4.96. The highest BCUT2D eigenvalue weighted by atomic mass is 32.1. The molecule has 0 aliphatic carbocycles. The van der Waals surface area contributed by atoms with Crippen molar-refractivity contribution in [1.29, 1.82) is 0 Å². The Morgan fingerprint density at radius 1 is 1.06 bits per heavy atom. The van der Waals surface area contributed by atoms with E-state index in [4.69, 9.17) is 16.6 Å². The number of aromatic carboxylic acids is 1. The highest BCUT2D eigenvalue weighted by molar-refractivity contribution is 7.80. The fourth-order valence-corrected chi connectivity index (χ4v) is 3.57. The van der Waals surface area contributed by atoms with Crippen molar-refractivity contribution in [1.82, 2.24) is 5.32 Å². The molecule has 170 valence electrons. The maximum atomic E-state index is 13.1. The van der Waals surface area contributed by atoms with Crippen LogP contribution in [0.25, 0.3) is 17.4 Å². The number of hydrogen-bond donors (Lipinski definition) is 2. The average molecular weight is 476 g/mol. The molecule has 2 N–H and O–H groups in total. The first-order valence-corrected chi connectivity index (χ1v) is 10.2. The van der Waals surface area contributed by atoms with Gasteiger partial charge in [-0.2, -0.15) is 0 Å². The summed E-state index contributed by atoms with van der Waals surface area (Å²) in [5, 5.41) is 11.5. The summed E-state index contributed by atoms with van der Waals surface area (Å²) in [6.07, 6.45) is 1.28. The number of nitrogens with one attached hydrogen (secondary N) is 1. The van der Waals surface area contributed by atoms with Crippen molar-refractivity contribution in [2.24, 2.45) is 0 Å². The van der Waals surface area contributed by atoms with Gasteiger partial charge in [-0.25, -0.2) is 9.59 Å². The number of carboxylic acids is 1. The molecule has 1 aromatic heterocycles. The van der Waals surface area contributed by atoms with E-state index >= 15 is 0 Å². The molecule has 0 radical (unpaired) electrons. The molecular weight excluding hydrogens is 460 g/mol. The van der Waals surface area contributed by atoms with Crippen LogP contribution in [-0.2, 0) is 14.3 Å². The van der Waals surface area contributed by atoms with E-state index in [-0.39, 0.29) is 27.7 Å². The molecule has 4 rings (SSSR count). The average Bonchev–Trinajstić information content (AvgIpc) is 3.30. The molecule has 1 aliphatic rings.